The third-order valence-electron chi connectivity index (χ3n) is 2.39. The maximum atomic E-state index is 11.9. The van der Waals surface area contributed by atoms with Crippen molar-refractivity contribution in [1.82, 2.24) is 14.9 Å². The number of nitrogens with zero attached hydrogens (tertiary/aromatic N) is 2. The van der Waals surface area contributed by atoms with Gasteiger partial charge in [-0.25, -0.2) is 4.79 Å². The molecular weight excluding hydrogens is 286 g/mol. The summed E-state index contributed by atoms with van der Waals surface area (Å²) in [5.74, 6) is -1.18. The van der Waals surface area contributed by atoms with E-state index in [2.05, 4.69) is 14.9 Å². The molecular formula is C11H11N3O3S2. The van der Waals surface area contributed by atoms with Gasteiger partial charge in [-0.2, -0.15) is 0 Å². The number of aromatic carboxylic acids is 1. The third kappa shape index (κ3) is 3.15. The number of carbonyl (C=O) groups is 2. The van der Waals surface area contributed by atoms with E-state index >= 15 is 0 Å². The fourth-order valence-electron chi connectivity index (χ4n) is 1.45. The number of rotatable bonds is 5. The highest BCUT2D eigenvalue weighted by Crippen LogP contribution is 2.17. The minimum Gasteiger partial charge on any atom is -0.477 e. The van der Waals surface area contributed by atoms with Crippen molar-refractivity contribution in [3.63, 3.8) is 0 Å². The van der Waals surface area contributed by atoms with Gasteiger partial charge in [0.25, 0.3) is 5.91 Å². The van der Waals surface area contributed by atoms with Gasteiger partial charge in [-0.15, -0.1) is 16.4 Å². The lowest BCUT2D eigenvalue weighted by Gasteiger charge is -2.01. The Morgan fingerprint density at radius 2 is 2.21 bits per heavy atom. The summed E-state index contributed by atoms with van der Waals surface area (Å²) >= 11 is 2.21. The van der Waals surface area contributed by atoms with Gasteiger partial charge in [0, 0.05) is 4.88 Å². The molecule has 100 valence electrons. The van der Waals surface area contributed by atoms with Crippen molar-refractivity contribution in [3.05, 3.63) is 32.5 Å². The Balaban J connectivity index is 1.98. The van der Waals surface area contributed by atoms with Crippen LogP contribution in [0, 0.1) is 0 Å². The number of carboxylic acid groups (broad SMARTS) is 1. The normalized spacial score (nSPS) is 10.4. The number of amides is 1. The van der Waals surface area contributed by atoms with Crippen LogP contribution >= 0.6 is 22.9 Å². The second kappa shape index (κ2) is 5.89. The summed E-state index contributed by atoms with van der Waals surface area (Å²) in [7, 11) is 0. The smallest absolute Gasteiger partial charge is 0.345 e. The molecule has 2 aromatic heterocycles. The predicted octanol–water partition coefficient (Wildman–Crippen LogP) is 1.79. The highest BCUT2D eigenvalue weighted by atomic mass is 32.1. The molecule has 0 radical (unpaired) electrons. The highest BCUT2D eigenvalue weighted by molar-refractivity contribution is 7.13. The van der Waals surface area contributed by atoms with Gasteiger partial charge in [0.2, 0.25) is 0 Å². The number of hydrogen-bond donors (Lipinski definition) is 2. The first-order chi connectivity index (χ1) is 9.11. The van der Waals surface area contributed by atoms with Crippen LogP contribution in [0.4, 0.5) is 0 Å². The zero-order valence-electron chi connectivity index (χ0n) is 10.0. The van der Waals surface area contributed by atoms with E-state index in [1.165, 1.54) is 6.07 Å². The molecule has 0 unspecified atom stereocenters. The first-order valence-corrected chi connectivity index (χ1v) is 7.12. The van der Waals surface area contributed by atoms with Crippen LogP contribution in [0.15, 0.2) is 12.1 Å². The summed E-state index contributed by atoms with van der Waals surface area (Å²) in [4.78, 5) is 24.2. The monoisotopic (exact) mass is 297 g/mol. The van der Waals surface area contributed by atoms with Crippen LogP contribution in [-0.2, 0) is 13.0 Å². The van der Waals surface area contributed by atoms with Crippen LogP contribution in [-0.4, -0.2) is 26.6 Å². The molecule has 0 atom stereocenters. The SMILES string of the molecule is CCc1nnsc1C(=O)NCc1ccc(C(=O)O)s1. The van der Waals surface area contributed by atoms with E-state index in [4.69, 9.17) is 5.11 Å². The Labute approximate surface area is 117 Å². The second-order valence-electron chi connectivity index (χ2n) is 3.66. The molecule has 2 rings (SSSR count). The predicted molar refractivity (Wildman–Crippen MR) is 71.7 cm³/mol. The van der Waals surface area contributed by atoms with Gasteiger partial charge in [-0.3, -0.25) is 4.79 Å². The van der Waals surface area contributed by atoms with Crippen molar-refractivity contribution < 1.29 is 14.7 Å². The maximum absolute atomic E-state index is 11.9. The Bertz CT molecular complexity index is 606. The van der Waals surface area contributed by atoms with E-state index in [0.29, 0.717) is 23.5 Å². The molecule has 8 heteroatoms. The van der Waals surface area contributed by atoms with Gasteiger partial charge in [0.15, 0.2) is 0 Å². The lowest BCUT2D eigenvalue weighted by Crippen LogP contribution is -2.22. The van der Waals surface area contributed by atoms with Crippen LogP contribution in [0.2, 0.25) is 0 Å². The summed E-state index contributed by atoms with van der Waals surface area (Å²) in [6.45, 7) is 2.21. The number of nitrogens with one attached hydrogen (secondary N) is 1. The lowest BCUT2D eigenvalue weighted by molar-refractivity contribution is 0.0702. The molecule has 0 spiro atoms. The van der Waals surface area contributed by atoms with Crippen molar-refractivity contribution in [1.29, 1.82) is 0 Å². The molecule has 0 aliphatic carbocycles. The van der Waals surface area contributed by atoms with Crippen LogP contribution < -0.4 is 5.32 Å². The maximum Gasteiger partial charge on any atom is 0.345 e. The molecule has 0 saturated heterocycles. The fourth-order valence-corrected chi connectivity index (χ4v) is 2.90. The molecule has 1 amide bonds. The molecule has 6 nitrogen and oxygen atoms in total. The van der Waals surface area contributed by atoms with E-state index < -0.39 is 5.97 Å². The molecule has 19 heavy (non-hydrogen) atoms. The van der Waals surface area contributed by atoms with Crippen LogP contribution in [0.3, 0.4) is 0 Å². The van der Waals surface area contributed by atoms with Gasteiger partial charge in [-0.1, -0.05) is 11.4 Å². The number of carbonyl (C=O) groups excluding carboxylic acids is 1. The fraction of sp³-hybridized carbons (Fsp3) is 0.273. The van der Waals surface area contributed by atoms with E-state index in [0.717, 1.165) is 27.7 Å². The number of carboxylic acids is 1. The van der Waals surface area contributed by atoms with Crippen molar-refractivity contribution in [2.45, 2.75) is 19.9 Å². The first kappa shape index (κ1) is 13.6. The number of thiophene rings is 1. The summed E-state index contributed by atoms with van der Waals surface area (Å²) in [6.07, 6.45) is 0.654. The highest BCUT2D eigenvalue weighted by Gasteiger charge is 2.15. The standard InChI is InChI=1S/C11H11N3O3S2/c1-2-7-9(19-14-13-7)10(15)12-5-6-3-4-8(18-6)11(16)17/h3-4H,2,5H2,1H3,(H,12,15)(H,16,17). The van der Waals surface area contributed by atoms with Gasteiger partial charge >= 0.3 is 5.97 Å². The zero-order chi connectivity index (χ0) is 13.8. The molecule has 0 fully saturated rings. The van der Waals surface area contributed by atoms with E-state index in [1.807, 2.05) is 6.92 Å². The summed E-state index contributed by atoms with van der Waals surface area (Å²) in [5.41, 5.74) is 0.680. The van der Waals surface area contributed by atoms with Gasteiger partial charge in [0.05, 0.1) is 12.2 Å². The Morgan fingerprint density at radius 1 is 1.42 bits per heavy atom. The van der Waals surface area contributed by atoms with Gasteiger partial charge in [-0.05, 0) is 30.1 Å². The van der Waals surface area contributed by atoms with Crippen molar-refractivity contribution >= 4 is 34.7 Å². The van der Waals surface area contributed by atoms with Gasteiger partial charge in [0.1, 0.15) is 9.75 Å². The van der Waals surface area contributed by atoms with E-state index in [9.17, 15) is 9.59 Å². The topological polar surface area (TPSA) is 92.2 Å². The molecule has 2 N–H and O–H groups in total. The first-order valence-electron chi connectivity index (χ1n) is 5.53. The van der Waals surface area contributed by atoms with Crippen LogP contribution in [0.25, 0.3) is 0 Å². The summed E-state index contributed by atoms with van der Waals surface area (Å²) in [5, 5.41) is 15.4. The summed E-state index contributed by atoms with van der Waals surface area (Å²) < 4.78 is 3.75. The van der Waals surface area contributed by atoms with Crippen LogP contribution in [0.5, 0.6) is 0 Å². The molecule has 2 heterocycles. The largest absolute Gasteiger partial charge is 0.477 e. The number of hydrogen-bond acceptors (Lipinski definition) is 6. The molecule has 0 saturated carbocycles. The second-order valence-corrected chi connectivity index (χ2v) is 5.58. The van der Waals surface area contributed by atoms with Gasteiger partial charge < -0.3 is 10.4 Å². The van der Waals surface area contributed by atoms with E-state index in [1.54, 1.807) is 6.07 Å². The quantitative estimate of drug-likeness (QED) is 0.877. The number of aryl methyl sites for hydroxylation is 1. The minimum absolute atomic E-state index is 0.225. The minimum atomic E-state index is -0.956. The average Bonchev–Trinajstić information content (AvgIpc) is 3.04. The zero-order valence-corrected chi connectivity index (χ0v) is 11.7. The average molecular weight is 297 g/mol. The molecule has 2 aromatic rings. The van der Waals surface area contributed by atoms with Crippen LogP contribution in [0.1, 0.15) is 36.8 Å². The van der Waals surface area contributed by atoms with Crippen molar-refractivity contribution in [2.75, 3.05) is 0 Å². The lowest BCUT2D eigenvalue weighted by atomic mass is 10.3. The molecule has 0 aliphatic rings. The Kier molecular flexibility index (Phi) is 4.23. The Morgan fingerprint density at radius 3 is 2.84 bits per heavy atom. The molecule has 0 aliphatic heterocycles. The molecule has 0 aromatic carbocycles. The Hall–Kier alpha value is -1.80. The number of aromatic nitrogens is 2. The summed E-state index contributed by atoms with van der Waals surface area (Å²) in [6, 6.07) is 3.22. The van der Waals surface area contributed by atoms with Crippen molar-refractivity contribution in [2.24, 2.45) is 0 Å². The van der Waals surface area contributed by atoms with E-state index in [-0.39, 0.29) is 10.8 Å². The molecule has 0 bridgehead atoms. The van der Waals surface area contributed by atoms with Crippen molar-refractivity contribution in [3.8, 4) is 0 Å². The third-order valence-corrected chi connectivity index (χ3v) is 4.23.